The van der Waals surface area contributed by atoms with Crippen LogP contribution in [0.4, 0.5) is 5.69 Å². The smallest absolute Gasteiger partial charge is 0.241 e. The van der Waals surface area contributed by atoms with Crippen molar-refractivity contribution in [1.29, 1.82) is 0 Å². The number of anilines is 1. The summed E-state index contributed by atoms with van der Waals surface area (Å²) in [6.45, 7) is 4.22. The van der Waals surface area contributed by atoms with Crippen LogP contribution < -0.4 is 4.90 Å². The van der Waals surface area contributed by atoms with Gasteiger partial charge in [-0.25, -0.2) is 0 Å². The second-order valence-corrected chi connectivity index (χ2v) is 7.38. The normalized spacial score (nSPS) is 25.2. The Bertz CT molecular complexity index is 758. The third-order valence-electron chi connectivity index (χ3n) is 5.60. The molecule has 2 fully saturated rings. The molecule has 2 aliphatic heterocycles. The molecule has 6 nitrogen and oxygen atoms in total. The topological polar surface area (TPSA) is 44.6 Å². The number of benzene rings is 1. The van der Waals surface area contributed by atoms with Crippen molar-refractivity contribution in [3.8, 4) is 0 Å². The van der Waals surface area contributed by atoms with Crippen LogP contribution >= 0.6 is 0 Å². The third kappa shape index (κ3) is 3.07. The highest BCUT2D eigenvalue weighted by atomic mass is 16.2. The van der Waals surface area contributed by atoms with Gasteiger partial charge in [-0.1, -0.05) is 30.3 Å². The van der Waals surface area contributed by atoms with Crippen LogP contribution in [0.25, 0.3) is 0 Å². The lowest BCUT2D eigenvalue weighted by Gasteiger charge is -2.46. The predicted octanol–water partition coefficient (Wildman–Crippen LogP) is 1.34. The minimum absolute atomic E-state index is 0.0263. The van der Waals surface area contributed by atoms with Gasteiger partial charge in [0.05, 0.1) is 24.0 Å². The van der Waals surface area contributed by atoms with E-state index in [0.29, 0.717) is 6.54 Å². The van der Waals surface area contributed by atoms with E-state index in [-0.39, 0.29) is 11.4 Å². The van der Waals surface area contributed by atoms with Crippen LogP contribution in [0.5, 0.6) is 0 Å². The van der Waals surface area contributed by atoms with E-state index in [1.807, 2.05) is 18.1 Å². The number of nitrogens with zero attached hydrogens (tertiary/aromatic N) is 5. The summed E-state index contributed by atoms with van der Waals surface area (Å²) in [6.07, 6.45) is 4.79. The number of aromatic nitrogens is 2. The summed E-state index contributed by atoms with van der Waals surface area (Å²) in [5.74, 6) is 0.155. The van der Waals surface area contributed by atoms with Crippen molar-refractivity contribution in [2.45, 2.75) is 18.5 Å². The van der Waals surface area contributed by atoms with Gasteiger partial charge in [0.2, 0.25) is 5.91 Å². The van der Waals surface area contributed by atoms with Crippen molar-refractivity contribution in [2.24, 2.45) is 7.05 Å². The number of piperazine rings is 1. The Morgan fingerprint density at radius 2 is 1.96 bits per heavy atom. The molecule has 1 aromatic heterocycles. The van der Waals surface area contributed by atoms with Crippen LogP contribution in [0.3, 0.4) is 0 Å². The van der Waals surface area contributed by atoms with E-state index in [4.69, 9.17) is 0 Å². The van der Waals surface area contributed by atoms with Gasteiger partial charge in [-0.3, -0.25) is 19.3 Å². The molecule has 0 saturated carbocycles. The maximum absolute atomic E-state index is 12.6. The maximum atomic E-state index is 12.6. The number of carbonyl (C=O) groups is 1. The fourth-order valence-electron chi connectivity index (χ4n) is 4.10. The molecule has 6 heteroatoms. The van der Waals surface area contributed by atoms with Crippen molar-refractivity contribution in [3.05, 3.63) is 48.3 Å². The van der Waals surface area contributed by atoms with E-state index in [1.165, 1.54) is 5.56 Å². The van der Waals surface area contributed by atoms with Gasteiger partial charge in [0.15, 0.2) is 0 Å². The zero-order valence-electron chi connectivity index (χ0n) is 14.9. The second-order valence-electron chi connectivity index (χ2n) is 7.38. The number of aryl methyl sites for hydroxylation is 1. The lowest BCUT2D eigenvalue weighted by molar-refractivity contribution is -0.123. The minimum Gasteiger partial charge on any atom is -0.306 e. The van der Waals surface area contributed by atoms with E-state index < -0.39 is 0 Å². The van der Waals surface area contributed by atoms with Crippen molar-refractivity contribution in [1.82, 2.24) is 19.6 Å². The molecule has 1 atom stereocenters. The largest absolute Gasteiger partial charge is 0.306 e. The number of likely N-dealkylation sites (N-methyl/N-ethyl adjacent to an activating group) is 1. The maximum Gasteiger partial charge on any atom is 0.241 e. The summed E-state index contributed by atoms with van der Waals surface area (Å²) in [6, 6.07) is 10.6. The molecule has 0 N–H and O–H groups in total. The molecule has 0 radical (unpaired) electrons. The average Bonchev–Trinajstić information content (AvgIpc) is 3.20. The number of carbonyl (C=O) groups excluding carboxylic acids is 1. The molecular formula is C19H25N5O. The molecule has 3 heterocycles. The highest BCUT2D eigenvalue weighted by Crippen LogP contribution is 2.33. The first kappa shape index (κ1) is 16.3. The molecule has 2 aliphatic rings. The van der Waals surface area contributed by atoms with Crippen molar-refractivity contribution in [3.63, 3.8) is 0 Å². The molecule has 25 heavy (non-hydrogen) atoms. The summed E-state index contributed by atoms with van der Waals surface area (Å²) < 4.78 is 1.75. The van der Waals surface area contributed by atoms with Gasteiger partial charge in [0, 0.05) is 39.4 Å². The fourth-order valence-corrected chi connectivity index (χ4v) is 4.10. The van der Waals surface area contributed by atoms with Gasteiger partial charge in [-0.05, 0) is 19.0 Å². The van der Waals surface area contributed by atoms with E-state index in [0.717, 1.165) is 38.3 Å². The molecule has 0 bridgehead atoms. The van der Waals surface area contributed by atoms with Gasteiger partial charge in [0.1, 0.15) is 0 Å². The molecule has 0 unspecified atom stereocenters. The summed E-state index contributed by atoms with van der Waals surface area (Å²) in [5.41, 5.74) is 2.28. The molecule has 1 amide bonds. The van der Waals surface area contributed by atoms with Crippen LogP contribution in [-0.2, 0) is 18.4 Å². The Morgan fingerprint density at radius 3 is 2.68 bits per heavy atom. The minimum atomic E-state index is 0.0263. The first-order valence-corrected chi connectivity index (χ1v) is 8.82. The van der Waals surface area contributed by atoms with Gasteiger partial charge in [0.25, 0.3) is 0 Å². The average molecular weight is 339 g/mol. The summed E-state index contributed by atoms with van der Waals surface area (Å²) in [4.78, 5) is 19.2. The monoisotopic (exact) mass is 339 g/mol. The Morgan fingerprint density at radius 1 is 1.16 bits per heavy atom. The molecule has 1 spiro atoms. The molecule has 2 aromatic rings. The Kier molecular flexibility index (Phi) is 4.09. The molecule has 4 rings (SSSR count). The van der Waals surface area contributed by atoms with Crippen molar-refractivity contribution < 1.29 is 4.79 Å². The Labute approximate surface area is 148 Å². The number of likely N-dealkylation sites (tertiary alicyclic amines) is 1. The predicted molar refractivity (Wildman–Crippen MR) is 97.3 cm³/mol. The van der Waals surface area contributed by atoms with Crippen LogP contribution in [0, 0.1) is 0 Å². The first-order chi connectivity index (χ1) is 12.1. The van der Waals surface area contributed by atoms with Gasteiger partial charge in [-0.15, -0.1) is 0 Å². The first-order valence-electron chi connectivity index (χ1n) is 8.82. The zero-order chi connectivity index (χ0) is 17.4. The van der Waals surface area contributed by atoms with Gasteiger partial charge >= 0.3 is 0 Å². The fraction of sp³-hybridized carbons (Fsp3) is 0.474. The van der Waals surface area contributed by atoms with E-state index >= 15 is 0 Å². The number of hydrogen-bond donors (Lipinski definition) is 0. The Hall–Kier alpha value is -2.18. The van der Waals surface area contributed by atoms with Crippen molar-refractivity contribution >= 4 is 11.6 Å². The second kappa shape index (κ2) is 6.28. The molecule has 0 aliphatic carbocycles. The molecule has 1 aromatic carbocycles. The van der Waals surface area contributed by atoms with Crippen molar-refractivity contribution in [2.75, 3.05) is 38.1 Å². The van der Waals surface area contributed by atoms with Gasteiger partial charge in [-0.2, -0.15) is 5.10 Å². The third-order valence-corrected chi connectivity index (χ3v) is 5.60. The van der Waals surface area contributed by atoms with Crippen LogP contribution in [0.1, 0.15) is 12.0 Å². The zero-order valence-corrected chi connectivity index (χ0v) is 14.9. The summed E-state index contributed by atoms with van der Waals surface area (Å²) in [5, 5.41) is 4.23. The van der Waals surface area contributed by atoms with Crippen LogP contribution in [0.15, 0.2) is 42.7 Å². The quantitative estimate of drug-likeness (QED) is 0.847. The molecule has 132 valence electrons. The highest BCUT2D eigenvalue weighted by molar-refractivity contribution is 5.95. The lowest BCUT2D eigenvalue weighted by atomic mass is 9.93. The van der Waals surface area contributed by atoms with Crippen LogP contribution in [0.2, 0.25) is 0 Å². The molecular weight excluding hydrogens is 314 g/mol. The highest BCUT2D eigenvalue weighted by Gasteiger charge is 2.47. The standard InChI is InChI=1S/C19H25N5O/c1-21-13-18(25)24(17-10-20-22(2)12-17)15-19(21)8-9-23(14-19)11-16-6-4-3-5-7-16/h3-7,10,12H,8-9,11,13-15H2,1-2H3/t19-/m0/s1. The summed E-state index contributed by atoms with van der Waals surface area (Å²) in [7, 11) is 3.97. The SMILES string of the molecule is CN1CC(=O)N(c2cnn(C)c2)C[C@@]12CCN(Cc1ccccc1)C2. The Balaban J connectivity index is 1.51. The number of rotatable bonds is 3. The van der Waals surface area contributed by atoms with Gasteiger partial charge < -0.3 is 4.90 Å². The van der Waals surface area contributed by atoms with E-state index in [2.05, 4.69) is 52.3 Å². The number of hydrogen-bond acceptors (Lipinski definition) is 4. The van der Waals surface area contributed by atoms with E-state index in [1.54, 1.807) is 10.9 Å². The molecule has 2 saturated heterocycles. The van der Waals surface area contributed by atoms with Crippen LogP contribution in [-0.4, -0.2) is 64.3 Å². The van der Waals surface area contributed by atoms with E-state index in [9.17, 15) is 4.79 Å². The lowest BCUT2D eigenvalue weighted by Crippen LogP contribution is -2.64. The number of amides is 1. The summed E-state index contributed by atoms with van der Waals surface area (Å²) >= 11 is 0.